The van der Waals surface area contributed by atoms with Crippen molar-refractivity contribution in [1.82, 2.24) is 4.57 Å². The van der Waals surface area contributed by atoms with Crippen molar-refractivity contribution in [3.05, 3.63) is 90.0 Å². The van der Waals surface area contributed by atoms with Crippen molar-refractivity contribution in [1.29, 1.82) is 0 Å². The molecule has 0 atom stereocenters. The van der Waals surface area contributed by atoms with Gasteiger partial charge in [0.05, 0.1) is 11.1 Å². The van der Waals surface area contributed by atoms with E-state index >= 15 is 0 Å². The second kappa shape index (κ2) is 6.76. The lowest BCUT2D eigenvalue weighted by atomic mass is 10.0. The summed E-state index contributed by atoms with van der Waals surface area (Å²) in [6.45, 7) is 8.87. The monoisotopic (exact) mass is 355 g/mol. The summed E-state index contributed by atoms with van der Waals surface area (Å²) in [5.74, 6) is 0.201. The average molecular weight is 355 g/mol. The summed E-state index contributed by atoms with van der Waals surface area (Å²) in [4.78, 5) is 12.4. The van der Waals surface area contributed by atoms with Gasteiger partial charge in [-0.25, -0.2) is 4.79 Å². The van der Waals surface area contributed by atoms with Crippen molar-refractivity contribution < 1.29 is 9.53 Å². The van der Waals surface area contributed by atoms with E-state index in [1.54, 1.807) is 12.1 Å². The number of esters is 1. The fourth-order valence-corrected chi connectivity index (χ4v) is 3.68. The van der Waals surface area contributed by atoms with Crippen LogP contribution >= 0.6 is 0 Å². The number of carbonyl (C=O) groups is 1. The summed E-state index contributed by atoms with van der Waals surface area (Å²) < 4.78 is 7.90. The minimum atomic E-state index is -0.349. The van der Waals surface area contributed by atoms with Crippen LogP contribution in [0.4, 0.5) is 0 Å². The molecule has 0 saturated carbocycles. The van der Waals surface area contributed by atoms with Gasteiger partial charge in [0.15, 0.2) is 0 Å². The molecule has 0 spiro atoms. The molecule has 0 aliphatic carbocycles. The number of ether oxygens (including phenoxy) is 1. The maximum atomic E-state index is 12.4. The normalized spacial score (nSPS) is 11.0. The van der Waals surface area contributed by atoms with E-state index in [1.807, 2.05) is 42.5 Å². The summed E-state index contributed by atoms with van der Waals surface area (Å²) in [7, 11) is 0. The number of benzene rings is 3. The quantitative estimate of drug-likeness (QED) is 0.262. The predicted molar refractivity (Wildman–Crippen MR) is 111 cm³/mol. The smallest absolute Gasteiger partial charge is 0.343 e. The van der Waals surface area contributed by atoms with E-state index in [0.29, 0.717) is 11.3 Å². The molecule has 0 bridgehead atoms. The van der Waals surface area contributed by atoms with Gasteiger partial charge in [0.1, 0.15) is 5.75 Å². The van der Waals surface area contributed by atoms with E-state index in [0.717, 1.165) is 17.4 Å². The van der Waals surface area contributed by atoms with Crippen LogP contribution in [0.25, 0.3) is 21.8 Å². The number of hydrogen-bond acceptors (Lipinski definition) is 2. The SMILES string of the molecule is C=CCn1c2ccc(OC(=O)c3ccccc3)cc2c2c(C)ccc(C)c21. The van der Waals surface area contributed by atoms with Crippen molar-refractivity contribution in [2.75, 3.05) is 0 Å². The van der Waals surface area contributed by atoms with Crippen LogP contribution in [-0.2, 0) is 6.54 Å². The van der Waals surface area contributed by atoms with E-state index in [9.17, 15) is 4.79 Å². The molecule has 4 rings (SSSR count). The van der Waals surface area contributed by atoms with Gasteiger partial charge >= 0.3 is 5.97 Å². The topological polar surface area (TPSA) is 31.2 Å². The Balaban J connectivity index is 1.87. The number of hydrogen-bond donors (Lipinski definition) is 0. The second-order valence-corrected chi connectivity index (χ2v) is 6.76. The molecule has 1 heterocycles. The first-order valence-electron chi connectivity index (χ1n) is 9.00. The zero-order chi connectivity index (χ0) is 19.0. The standard InChI is InChI=1S/C24H21NO2/c1-4-14-25-21-13-12-19(27-24(26)18-8-6-5-7-9-18)15-20(21)22-16(2)10-11-17(3)23(22)25/h4-13,15H,1,14H2,2-3H3. The van der Waals surface area contributed by atoms with Crippen LogP contribution in [0.3, 0.4) is 0 Å². The maximum absolute atomic E-state index is 12.4. The summed E-state index contributed by atoms with van der Waals surface area (Å²) >= 11 is 0. The Morgan fingerprint density at radius 3 is 2.52 bits per heavy atom. The number of carbonyl (C=O) groups excluding carboxylic acids is 1. The molecule has 0 radical (unpaired) electrons. The highest BCUT2D eigenvalue weighted by molar-refractivity contribution is 6.11. The first kappa shape index (κ1) is 17.1. The molecular formula is C24H21NO2. The zero-order valence-electron chi connectivity index (χ0n) is 15.5. The van der Waals surface area contributed by atoms with Crippen molar-refractivity contribution in [3.8, 4) is 5.75 Å². The predicted octanol–water partition coefficient (Wildman–Crippen LogP) is 5.82. The van der Waals surface area contributed by atoms with Crippen molar-refractivity contribution >= 4 is 27.8 Å². The highest BCUT2D eigenvalue weighted by atomic mass is 16.5. The van der Waals surface area contributed by atoms with E-state index < -0.39 is 0 Å². The van der Waals surface area contributed by atoms with Gasteiger partial charge in [0.2, 0.25) is 0 Å². The summed E-state index contributed by atoms with van der Waals surface area (Å²) in [6, 6.07) is 19.2. The Hall–Kier alpha value is -3.33. The lowest BCUT2D eigenvalue weighted by Gasteiger charge is -2.07. The molecular weight excluding hydrogens is 334 g/mol. The molecule has 0 fully saturated rings. The lowest BCUT2D eigenvalue weighted by molar-refractivity contribution is 0.0735. The highest BCUT2D eigenvalue weighted by Gasteiger charge is 2.16. The van der Waals surface area contributed by atoms with Crippen LogP contribution in [0.1, 0.15) is 21.5 Å². The minimum Gasteiger partial charge on any atom is -0.423 e. The van der Waals surface area contributed by atoms with E-state index in [4.69, 9.17) is 4.74 Å². The Labute approximate surface area is 158 Å². The van der Waals surface area contributed by atoms with E-state index in [2.05, 4.69) is 37.1 Å². The first-order chi connectivity index (χ1) is 13.1. The van der Waals surface area contributed by atoms with Gasteiger partial charge in [0, 0.05) is 22.8 Å². The largest absolute Gasteiger partial charge is 0.423 e. The zero-order valence-corrected chi connectivity index (χ0v) is 15.5. The fourth-order valence-electron chi connectivity index (χ4n) is 3.68. The van der Waals surface area contributed by atoms with Gasteiger partial charge in [0.25, 0.3) is 0 Å². The van der Waals surface area contributed by atoms with Gasteiger partial charge in [-0.1, -0.05) is 36.4 Å². The third-order valence-corrected chi connectivity index (χ3v) is 4.92. The van der Waals surface area contributed by atoms with Gasteiger partial charge in [-0.15, -0.1) is 6.58 Å². The Morgan fingerprint density at radius 2 is 1.78 bits per heavy atom. The molecule has 0 saturated heterocycles. The average Bonchev–Trinajstić information content (AvgIpc) is 3.01. The van der Waals surface area contributed by atoms with Crippen LogP contribution in [0.5, 0.6) is 5.75 Å². The van der Waals surface area contributed by atoms with Gasteiger partial charge in [-0.05, 0) is 55.3 Å². The lowest BCUT2D eigenvalue weighted by Crippen LogP contribution is -2.08. The van der Waals surface area contributed by atoms with Gasteiger partial charge in [-0.2, -0.15) is 0 Å². The molecule has 1 aromatic heterocycles. The van der Waals surface area contributed by atoms with Crippen LogP contribution < -0.4 is 4.74 Å². The van der Waals surface area contributed by atoms with Gasteiger partial charge < -0.3 is 9.30 Å². The maximum Gasteiger partial charge on any atom is 0.343 e. The molecule has 0 N–H and O–H groups in total. The Kier molecular flexibility index (Phi) is 4.28. The summed E-state index contributed by atoms with van der Waals surface area (Å²) in [5, 5.41) is 2.29. The van der Waals surface area contributed by atoms with Crippen molar-refractivity contribution in [2.45, 2.75) is 20.4 Å². The van der Waals surface area contributed by atoms with Crippen LogP contribution in [0, 0.1) is 13.8 Å². The number of aryl methyl sites for hydroxylation is 2. The minimum absolute atomic E-state index is 0.349. The molecule has 0 aliphatic rings. The molecule has 0 unspecified atom stereocenters. The Morgan fingerprint density at radius 1 is 1.04 bits per heavy atom. The molecule has 0 aliphatic heterocycles. The second-order valence-electron chi connectivity index (χ2n) is 6.76. The molecule has 3 nitrogen and oxygen atoms in total. The highest BCUT2D eigenvalue weighted by Crippen LogP contribution is 2.35. The molecule has 3 heteroatoms. The number of allylic oxidation sites excluding steroid dienone is 1. The van der Waals surface area contributed by atoms with E-state index in [-0.39, 0.29) is 5.97 Å². The number of nitrogens with zero attached hydrogens (tertiary/aromatic N) is 1. The van der Waals surface area contributed by atoms with Crippen molar-refractivity contribution in [3.63, 3.8) is 0 Å². The first-order valence-corrected chi connectivity index (χ1v) is 9.00. The molecule has 4 aromatic rings. The third kappa shape index (κ3) is 2.91. The van der Waals surface area contributed by atoms with Crippen LogP contribution in [-0.4, -0.2) is 10.5 Å². The Bertz CT molecular complexity index is 1170. The number of fused-ring (bicyclic) bond motifs is 3. The number of aromatic nitrogens is 1. The summed E-state index contributed by atoms with van der Waals surface area (Å²) in [5.41, 5.74) is 5.28. The molecule has 3 aromatic carbocycles. The van der Waals surface area contributed by atoms with E-state index in [1.165, 1.54) is 22.0 Å². The molecule has 134 valence electrons. The third-order valence-electron chi connectivity index (χ3n) is 4.92. The number of rotatable bonds is 4. The fraction of sp³-hybridized carbons (Fsp3) is 0.125. The van der Waals surface area contributed by atoms with Crippen molar-refractivity contribution in [2.24, 2.45) is 0 Å². The van der Waals surface area contributed by atoms with Gasteiger partial charge in [-0.3, -0.25) is 0 Å². The molecule has 0 amide bonds. The summed E-state index contributed by atoms with van der Waals surface area (Å²) in [6.07, 6.45) is 1.91. The van der Waals surface area contributed by atoms with Crippen LogP contribution in [0.2, 0.25) is 0 Å². The molecule has 27 heavy (non-hydrogen) atoms. The van der Waals surface area contributed by atoms with Crippen LogP contribution in [0.15, 0.2) is 73.3 Å².